The Labute approximate surface area is 838 Å². The molecule has 736 valence electrons. The number of nitriles is 5. The number of aromatic nitrogens is 5. The molecule has 0 saturated heterocycles. The summed E-state index contributed by atoms with van der Waals surface area (Å²) in [7, 11) is -5.22. The molecule has 5 heterocycles. The molecule has 34 heteroatoms. The second-order valence-corrected chi connectivity index (χ2v) is 40.1. The van der Waals surface area contributed by atoms with Crippen molar-refractivity contribution in [2.75, 3.05) is 70.8 Å². The van der Waals surface area contributed by atoms with Crippen LogP contribution in [0.3, 0.4) is 0 Å². The largest absolute Gasteiger partial charge is 0.497 e. The number of ether oxygens (including phenoxy) is 5. The van der Waals surface area contributed by atoms with E-state index in [0.29, 0.717) is 105 Å². The highest BCUT2D eigenvalue weighted by molar-refractivity contribution is 7.93. The van der Waals surface area contributed by atoms with Crippen molar-refractivity contribution < 1.29 is 58.5 Å². The predicted molar refractivity (Wildman–Crippen MR) is 568 cm³/mol. The van der Waals surface area contributed by atoms with Gasteiger partial charge >= 0.3 is 12.1 Å². The SMILES string of the molecule is CCCNC(=O)Nc1cccc(-c2c(C#N)c3ccc(OC)cc3n2CCC)c1.CCCS(=O)(=O)Nc1ccc(-c2c(C#N)c3cc(Cl)ccc3n2CC)cc1.CCCn1c(-c2cccc(NS(=O)(=O)CC)c2)c(C#N)c2ccc(OC)cc21.CCOC(=O)Nc1cc(-c2c(C#N)c3ccc(OC(C)C)cc3n2CC)ccc1OC.CCn1c(-c2ccc(NS(=O)(=O)C3CC3)cc2)c(C#N)c2cc(Cl)ccc21. The summed E-state index contributed by atoms with van der Waals surface area (Å²) in [6.07, 6.45) is 4.17. The van der Waals surface area contributed by atoms with Crippen molar-refractivity contribution >= 4 is 148 Å². The Bertz CT molecular complexity index is 7780. The minimum absolute atomic E-state index is 0.00341. The second kappa shape index (κ2) is 47.7. The van der Waals surface area contributed by atoms with Gasteiger partial charge in [-0.1, -0.05) is 99.4 Å². The van der Waals surface area contributed by atoms with Crippen LogP contribution >= 0.6 is 23.2 Å². The van der Waals surface area contributed by atoms with Crippen molar-refractivity contribution in [3.8, 4) is 110 Å². The van der Waals surface area contributed by atoms with Crippen LogP contribution in [-0.2, 0) is 67.5 Å². The Morgan fingerprint density at radius 2 is 0.824 bits per heavy atom. The van der Waals surface area contributed by atoms with Crippen LogP contribution in [0.4, 0.5) is 38.0 Å². The van der Waals surface area contributed by atoms with Gasteiger partial charge in [0.1, 0.15) is 53.3 Å². The first-order valence-corrected chi connectivity index (χ1v) is 52.4. The fraction of sp³-hybridized carbons (Fsp3) is 0.287. The monoisotopic (exact) mass is 2010 g/mol. The van der Waals surface area contributed by atoms with Gasteiger partial charge in [-0.05, 0) is 238 Å². The number of anilines is 5. The fourth-order valence-electron chi connectivity index (χ4n) is 17.1. The molecule has 16 rings (SSSR count). The summed E-state index contributed by atoms with van der Waals surface area (Å²) < 4.78 is 117. The molecule has 6 N–H and O–H groups in total. The first kappa shape index (κ1) is 106. The number of halogens is 2. The highest BCUT2D eigenvalue weighted by atomic mass is 35.5. The van der Waals surface area contributed by atoms with Gasteiger partial charge in [-0.3, -0.25) is 19.5 Å². The molecule has 15 aromatic rings. The molecule has 0 atom stereocenters. The molecule has 5 aromatic heterocycles. The average molecular weight is 2010 g/mol. The lowest BCUT2D eigenvalue weighted by Crippen LogP contribution is -2.29. The van der Waals surface area contributed by atoms with Gasteiger partial charge in [0, 0.05) is 145 Å². The Morgan fingerprint density at radius 3 is 1.25 bits per heavy atom. The van der Waals surface area contributed by atoms with Crippen LogP contribution in [0.5, 0.6) is 23.0 Å². The van der Waals surface area contributed by atoms with Gasteiger partial charge in [-0.2, -0.15) is 26.3 Å². The summed E-state index contributed by atoms with van der Waals surface area (Å²) in [5, 5.41) is 62.8. The number of carbonyl (C=O) groups is 2. The number of sulfonamides is 3. The van der Waals surface area contributed by atoms with Crippen molar-refractivity contribution in [1.82, 2.24) is 28.2 Å². The van der Waals surface area contributed by atoms with E-state index >= 15 is 0 Å². The van der Waals surface area contributed by atoms with E-state index in [4.69, 9.17) is 46.9 Å². The van der Waals surface area contributed by atoms with E-state index in [1.807, 2.05) is 194 Å². The lowest BCUT2D eigenvalue weighted by Gasteiger charge is -2.14. The van der Waals surface area contributed by atoms with Gasteiger partial charge in [-0.25, -0.2) is 34.8 Å². The molecule has 142 heavy (non-hydrogen) atoms. The number of aryl methyl sites for hydroxylation is 5. The highest BCUT2D eigenvalue weighted by Crippen LogP contribution is 2.44. The van der Waals surface area contributed by atoms with Gasteiger partial charge in [0.15, 0.2) is 0 Å². The molecule has 0 radical (unpaired) electrons. The van der Waals surface area contributed by atoms with Crippen molar-refractivity contribution in [3.05, 3.63) is 244 Å². The molecule has 1 fully saturated rings. The van der Waals surface area contributed by atoms with Gasteiger partial charge in [0.05, 0.1) is 129 Å². The number of urea groups is 1. The van der Waals surface area contributed by atoms with Crippen LogP contribution in [0.15, 0.2) is 206 Å². The molecule has 1 aliphatic rings. The van der Waals surface area contributed by atoms with Crippen molar-refractivity contribution in [1.29, 1.82) is 26.3 Å². The zero-order valence-corrected chi connectivity index (χ0v) is 85.6. The lowest BCUT2D eigenvalue weighted by molar-refractivity contribution is 0.167. The summed E-state index contributed by atoms with van der Waals surface area (Å²) in [4.78, 5) is 24.0. The Balaban J connectivity index is 0.000000159. The van der Waals surface area contributed by atoms with Crippen molar-refractivity contribution in [2.24, 2.45) is 0 Å². The first-order chi connectivity index (χ1) is 68.3. The van der Waals surface area contributed by atoms with Gasteiger partial charge in [0.25, 0.3) is 0 Å². The minimum Gasteiger partial charge on any atom is -0.497 e. The van der Waals surface area contributed by atoms with E-state index in [9.17, 15) is 61.2 Å². The zero-order valence-electron chi connectivity index (χ0n) is 81.7. The van der Waals surface area contributed by atoms with E-state index in [1.165, 1.54) is 7.11 Å². The summed E-state index contributed by atoms with van der Waals surface area (Å²) in [5.41, 5.74) is 18.5. The van der Waals surface area contributed by atoms with Crippen LogP contribution in [0.2, 0.25) is 10.0 Å². The van der Waals surface area contributed by atoms with Gasteiger partial charge in [0.2, 0.25) is 30.1 Å². The van der Waals surface area contributed by atoms with Crippen LogP contribution in [0.25, 0.3) is 111 Å². The summed E-state index contributed by atoms with van der Waals surface area (Å²) in [5.74, 6) is 2.82. The number of hydrogen-bond acceptors (Lipinski definition) is 18. The molecule has 10 aromatic carbocycles. The van der Waals surface area contributed by atoms with Crippen LogP contribution in [0, 0.1) is 56.7 Å². The Hall–Kier alpha value is -15.1. The molecule has 0 spiro atoms. The maximum atomic E-state index is 12.1. The quantitative estimate of drug-likeness (QED) is 0.0228. The van der Waals surface area contributed by atoms with Crippen molar-refractivity contribution in [3.63, 3.8) is 0 Å². The third-order valence-electron chi connectivity index (χ3n) is 23.4. The summed E-state index contributed by atoms with van der Waals surface area (Å²) in [6.45, 7) is 25.8. The van der Waals surface area contributed by atoms with E-state index < -0.39 is 36.2 Å². The fourth-order valence-corrected chi connectivity index (χ4v) is 20.6. The maximum Gasteiger partial charge on any atom is 0.411 e. The number of rotatable bonds is 32. The molecule has 1 aliphatic carbocycles. The number of carbonyl (C=O) groups excluding carboxylic acids is 2. The van der Waals surface area contributed by atoms with Crippen LogP contribution < -0.4 is 49.1 Å². The van der Waals surface area contributed by atoms with E-state index in [2.05, 4.69) is 97.1 Å². The number of methoxy groups -OCH3 is 3. The standard InChI is InChI=1S/C24H27N3O4.C23H26N4O2.C21H23N3O3S.C20H18ClN3O2S.C20H20ClN3O2S/c1-6-27-21-13-17(31-15(3)4)9-10-18(21)19(14-25)23(27)16-8-11-22(29-5)20(12-16)26-24(28)30-7-2;1-4-11-25-23(28)26-17-8-6-7-16(13-17)22-20(15-24)19-10-9-18(29-3)14-21(19)27(22)12-5-2;1-4-11-24-20-13-17(27-3)9-10-18(20)19(14-22)21(24)15-7-6-8-16(12-15)23-28(25,26)5-2;1-2-24-19-10-5-14(21)11-17(19)18(12-22)20(24)13-3-6-15(7-4-13)23-27(25,26)16-8-9-16;1-3-11-27(25,26)23-16-8-5-14(6-9-16)20-18(13-22)17-12-15(21)7-10-19(17)24(20)4-2/h8-13,15H,6-7H2,1-5H3,(H,26,28);6-10,13-14H,4-5,11-12H2,1-3H3,(H2,25,26,28);6-10,12-13,23H,4-5,11H2,1-3H3;3-7,10-11,16,23H,2,8-9H2,1H3;5-10,12,23H,3-4,11H2,1-2H3. The first-order valence-electron chi connectivity index (χ1n) is 46.8. The third kappa shape index (κ3) is 24.3. The van der Waals surface area contributed by atoms with Crippen molar-refractivity contribution in [2.45, 2.75) is 159 Å². The minimum atomic E-state index is -3.38. The van der Waals surface area contributed by atoms with E-state index in [1.54, 1.807) is 88.7 Å². The Kier molecular flexibility index (Phi) is 35.6. The molecule has 1 saturated carbocycles. The van der Waals surface area contributed by atoms with Crippen LogP contribution in [0.1, 0.15) is 143 Å². The topological polar surface area (TPSA) is 398 Å². The summed E-state index contributed by atoms with van der Waals surface area (Å²) in [6, 6.07) is 74.2. The molecule has 0 bridgehead atoms. The van der Waals surface area contributed by atoms with Crippen LogP contribution in [-0.4, -0.2) is 118 Å². The number of nitrogens with one attached hydrogen (secondary N) is 6. The second-order valence-electron chi connectivity index (χ2n) is 33.4. The highest BCUT2D eigenvalue weighted by Gasteiger charge is 2.36. The van der Waals surface area contributed by atoms with Gasteiger partial charge in [-0.15, -0.1) is 0 Å². The number of amides is 3. The third-order valence-corrected chi connectivity index (χ3v) is 28.5. The molecule has 29 nitrogen and oxygen atoms in total. The zero-order chi connectivity index (χ0) is 102. The van der Waals surface area contributed by atoms with E-state index in [0.717, 1.165) is 173 Å². The number of nitrogens with zero attached hydrogens (tertiary/aromatic N) is 10. The molecular weight excluding hydrogens is 1900 g/mol. The smallest absolute Gasteiger partial charge is 0.411 e. The molecule has 0 aliphatic heterocycles. The predicted octanol–water partition coefficient (Wildman–Crippen LogP) is 24.8. The Morgan fingerprint density at radius 1 is 0.408 bits per heavy atom. The molecular formula is C108H114Cl2N16O13S3. The number of fused-ring (bicyclic) bond motifs is 5. The lowest BCUT2D eigenvalue weighted by atomic mass is 10.0. The number of benzene rings is 10. The molecule has 0 unspecified atom stereocenters. The average Bonchev–Trinajstić information content (AvgIpc) is 1.61. The maximum absolute atomic E-state index is 12.1. The normalized spacial score (nSPS) is 11.6. The molecule has 3 amide bonds. The van der Waals surface area contributed by atoms with E-state index in [-0.39, 0.29) is 35.5 Å². The summed E-state index contributed by atoms with van der Waals surface area (Å²) >= 11 is 12.3. The van der Waals surface area contributed by atoms with Gasteiger partial charge < -0.3 is 57.2 Å². The number of hydrogen-bond donors (Lipinski definition) is 6.